The smallest absolute Gasteiger partial charge is 0.224 e. The van der Waals surface area contributed by atoms with Crippen molar-refractivity contribution >= 4 is 11.6 Å². The lowest BCUT2D eigenvalue weighted by molar-refractivity contribution is -0.116. The Bertz CT molecular complexity index is 491. The second kappa shape index (κ2) is 3.49. The lowest BCUT2D eigenvalue weighted by atomic mass is 9.88. The highest BCUT2D eigenvalue weighted by Crippen LogP contribution is 2.39. The molecule has 1 aromatic rings. The van der Waals surface area contributed by atoms with Crippen LogP contribution in [0.15, 0.2) is 12.1 Å². The molecule has 0 saturated carbocycles. The van der Waals surface area contributed by atoms with E-state index in [1.54, 1.807) is 0 Å². The van der Waals surface area contributed by atoms with E-state index >= 15 is 0 Å². The van der Waals surface area contributed by atoms with Gasteiger partial charge in [0, 0.05) is 12.1 Å². The van der Waals surface area contributed by atoms with Crippen LogP contribution in [0.2, 0.25) is 0 Å². The van der Waals surface area contributed by atoms with E-state index in [4.69, 9.17) is 4.74 Å². The van der Waals surface area contributed by atoms with Gasteiger partial charge in [0.2, 0.25) is 5.91 Å². The van der Waals surface area contributed by atoms with E-state index in [-0.39, 0.29) is 11.5 Å². The molecule has 17 heavy (non-hydrogen) atoms. The highest BCUT2D eigenvalue weighted by Gasteiger charge is 2.30. The quantitative estimate of drug-likeness (QED) is 0.745. The Labute approximate surface area is 101 Å². The van der Waals surface area contributed by atoms with Gasteiger partial charge in [-0.3, -0.25) is 4.79 Å². The van der Waals surface area contributed by atoms with Crippen LogP contribution >= 0.6 is 0 Å². The van der Waals surface area contributed by atoms with E-state index in [0.717, 1.165) is 30.7 Å². The summed E-state index contributed by atoms with van der Waals surface area (Å²) >= 11 is 0. The van der Waals surface area contributed by atoms with Crippen LogP contribution in [0.5, 0.6) is 5.75 Å². The third kappa shape index (κ3) is 1.79. The first-order valence-electron chi connectivity index (χ1n) is 6.19. The van der Waals surface area contributed by atoms with Gasteiger partial charge in [-0.15, -0.1) is 0 Å². The van der Waals surface area contributed by atoms with Crippen molar-refractivity contribution in [2.75, 3.05) is 5.32 Å². The minimum Gasteiger partial charge on any atom is -0.488 e. The molecule has 90 valence electrons. The maximum atomic E-state index is 11.4. The van der Waals surface area contributed by atoms with Crippen molar-refractivity contribution in [2.45, 2.75) is 45.1 Å². The van der Waals surface area contributed by atoms with Gasteiger partial charge in [0.15, 0.2) is 0 Å². The molecule has 0 fully saturated rings. The third-order valence-electron chi connectivity index (χ3n) is 3.63. The summed E-state index contributed by atoms with van der Waals surface area (Å²) in [5.74, 6) is 1.12. The number of benzene rings is 1. The second-order valence-corrected chi connectivity index (χ2v) is 5.48. The number of hydrogen-bond donors (Lipinski definition) is 1. The summed E-state index contributed by atoms with van der Waals surface area (Å²) in [4.78, 5) is 11.4. The van der Waals surface area contributed by atoms with Crippen molar-refractivity contribution in [3.63, 3.8) is 0 Å². The number of ether oxygens (including phenoxy) is 1. The molecule has 0 aliphatic carbocycles. The molecule has 0 radical (unpaired) electrons. The van der Waals surface area contributed by atoms with Crippen LogP contribution in [0.4, 0.5) is 5.69 Å². The summed E-state index contributed by atoms with van der Waals surface area (Å²) in [5, 5.41) is 2.94. The Hall–Kier alpha value is -1.51. The Morgan fingerprint density at radius 3 is 2.82 bits per heavy atom. The molecule has 3 heteroatoms. The average Bonchev–Trinajstić information content (AvgIpc) is 2.27. The molecule has 0 unspecified atom stereocenters. The lowest BCUT2D eigenvalue weighted by Gasteiger charge is -2.34. The third-order valence-corrected chi connectivity index (χ3v) is 3.63. The topological polar surface area (TPSA) is 38.3 Å². The Kier molecular flexibility index (Phi) is 2.18. The number of hydrogen-bond acceptors (Lipinski definition) is 2. The highest BCUT2D eigenvalue weighted by atomic mass is 16.5. The molecule has 0 aromatic heterocycles. The maximum absolute atomic E-state index is 11.4. The van der Waals surface area contributed by atoms with Crippen molar-refractivity contribution in [1.82, 2.24) is 0 Å². The maximum Gasteiger partial charge on any atom is 0.224 e. The molecule has 0 saturated heterocycles. The fourth-order valence-electron chi connectivity index (χ4n) is 2.67. The largest absolute Gasteiger partial charge is 0.488 e. The molecule has 2 aliphatic heterocycles. The molecule has 0 atom stereocenters. The number of rotatable bonds is 0. The lowest BCUT2D eigenvalue weighted by Crippen LogP contribution is -2.33. The summed E-state index contributed by atoms with van der Waals surface area (Å²) in [6.45, 7) is 4.24. The van der Waals surface area contributed by atoms with E-state index in [2.05, 4.69) is 19.2 Å². The molecule has 3 nitrogen and oxygen atoms in total. The molecule has 0 bridgehead atoms. The van der Waals surface area contributed by atoms with Gasteiger partial charge in [-0.25, -0.2) is 0 Å². The van der Waals surface area contributed by atoms with Gasteiger partial charge < -0.3 is 10.1 Å². The van der Waals surface area contributed by atoms with E-state index in [9.17, 15) is 4.79 Å². The Morgan fingerprint density at radius 2 is 2.00 bits per heavy atom. The Morgan fingerprint density at radius 1 is 1.18 bits per heavy atom. The van der Waals surface area contributed by atoms with Gasteiger partial charge in [0.25, 0.3) is 0 Å². The molecular formula is C14H17NO2. The van der Waals surface area contributed by atoms with Crippen molar-refractivity contribution in [2.24, 2.45) is 0 Å². The molecular weight excluding hydrogens is 214 g/mol. The number of anilines is 1. The van der Waals surface area contributed by atoms with Crippen molar-refractivity contribution in [3.8, 4) is 5.75 Å². The van der Waals surface area contributed by atoms with Crippen LogP contribution in [0.1, 0.15) is 37.8 Å². The molecule has 2 aliphatic rings. The van der Waals surface area contributed by atoms with Gasteiger partial charge in [-0.1, -0.05) is 0 Å². The van der Waals surface area contributed by atoms with Crippen LogP contribution in [0.25, 0.3) is 0 Å². The Balaban J connectivity index is 2.05. The van der Waals surface area contributed by atoms with Crippen LogP contribution in [-0.4, -0.2) is 11.5 Å². The number of amides is 1. The summed E-state index contributed by atoms with van der Waals surface area (Å²) in [7, 11) is 0. The zero-order chi connectivity index (χ0) is 12.0. The fraction of sp³-hybridized carbons (Fsp3) is 0.500. The summed E-state index contributed by atoms with van der Waals surface area (Å²) in [6, 6.07) is 3.95. The molecule has 3 rings (SSSR count). The predicted molar refractivity (Wildman–Crippen MR) is 66.4 cm³/mol. The van der Waals surface area contributed by atoms with E-state index in [1.807, 2.05) is 12.1 Å². The highest BCUT2D eigenvalue weighted by molar-refractivity contribution is 5.94. The predicted octanol–water partition coefficient (Wildman–Crippen LogP) is 2.67. The van der Waals surface area contributed by atoms with Crippen molar-refractivity contribution in [1.29, 1.82) is 0 Å². The first-order valence-corrected chi connectivity index (χ1v) is 6.19. The molecule has 0 spiro atoms. The monoisotopic (exact) mass is 231 g/mol. The second-order valence-electron chi connectivity index (χ2n) is 5.48. The van der Waals surface area contributed by atoms with E-state index < -0.39 is 0 Å². The van der Waals surface area contributed by atoms with Gasteiger partial charge in [-0.05, 0) is 56.4 Å². The molecule has 2 heterocycles. The summed E-state index contributed by atoms with van der Waals surface area (Å²) in [6.07, 6.45) is 3.51. The summed E-state index contributed by atoms with van der Waals surface area (Å²) in [5.41, 5.74) is 3.47. The van der Waals surface area contributed by atoms with Crippen molar-refractivity contribution in [3.05, 3.63) is 23.3 Å². The molecule has 1 aromatic carbocycles. The number of carbonyl (C=O) groups is 1. The number of nitrogens with one attached hydrogen (secondary N) is 1. The van der Waals surface area contributed by atoms with Crippen LogP contribution < -0.4 is 10.1 Å². The van der Waals surface area contributed by atoms with Gasteiger partial charge in [0.05, 0.1) is 0 Å². The average molecular weight is 231 g/mol. The number of carbonyl (C=O) groups excluding carboxylic acids is 1. The molecule has 1 N–H and O–H groups in total. The molecule has 1 amide bonds. The minimum atomic E-state index is -0.0703. The summed E-state index contributed by atoms with van der Waals surface area (Å²) < 4.78 is 6.00. The van der Waals surface area contributed by atoms with Gasteiger partial charge >= 0.3 is 0 Å². The van der Waals surface area contributed by atoms with E-state index in [0.29, 0.717) is 6.42 Å². The zero-order valence-electron chi connectivity index (χ0n) is 10.3. The fourth-order valence-corrected chi connectivity index (χ4v) is 2.67. The van der Waals surface area contributed by atoms with Gasteiger partial charge in [0.1, 0.15) is 11.4 Å². The van der Waals surface area contributed by atoms with E-state index in [1.165, 1.54) is 11.1 Å². The van der Waals surface area contributed by atoms with Gasteiger partial charge in [-0.2, -0.15) is 0 Å². The number of fused-ring (bicyclic) bond motifs is 3. The standard InChI is InChI=1S/C14H17NO2/c1-14(2)8-7-10-9-3-6-13(16)15-11(9)4-5-12(10)17-14/h4-5H,3,6-8H2,1-2H3,(H,15,16). The first kappa shape index (κ1) is 10.6. The van der Waals surface area contributed by atoms with Crippen molar-refractivity contribution < 1.29 is 9.53 Å². The van der Waals surface area contributed by atoms with Crippen LogP contribution in [-0.2, 0) is 17.6 Å². The minimum absolute atomic E-state index is 0.0703. The van der Waals surface area contributed by atoms with Crippen LogP contribution in [0, 0.1) is 0 Å². The zero-order valence-corrected chi connectivity index (χ0v) is 10.3. The SMILES string of the molecule is CC1(C)CCc2c(ccc3c2CCC(=O)N3)O1. The normalized spacial score (nSPS) is 20.9. The first-order chi connectivity index (χ1) is 8.05. The van der Waals surface area contributed by atoms with Crippen LogP contribution in [0.3, 0.4) is 0 Å².